The number of carbonyl (C=O) groups excluding carboxylic acids is 4. The highest BCUT2D eigenvalue weighted by Crippen LogP contribution is 2.49. The molecule has 1 amide bonds. The average Bonchev–Trinajstić information content (AvgIpc) is 3.39. The molecule has 6 nitrogen and oxygen atoms in total. The van der Waals surface area contributed by atoms with E-state index in [-0.39, 0.29) is 34.4 Å². The SMILES string of the molecule is O=C(COC(=O)C[C@@H]1C[C@H]2CC[C@@H]1C2)Nc1cccc2c1C(=O)c1ccccc1C2=O. The molecule has 3 aliphatic carbocycles. The van der Waals surface area contributed by atoms with Gasteiger partial charge in [-0.15, -0.1) is 0 Å². The number of rotatable bonds is 5. The lowest BCUT2D eigenvalue weighted by molar-refractivity contribution is -0.148. The third-order valence-electron chi connectivity index (χ3n) is 6.90. The Morgan fingerprint density at radius 1 is 0.903 bits per heavy atom. The van der Waals surface area contributed by atoms with Gasteiger partial charge in [0, 0.05) is 23.1 Å². The summed E-state index contributed by atoms with van der Waals surface area (Å²) in [5.74, 6) is 0.290. The van der Waals surface area contributed by atoms with E-state index in [2.05, 4.69) is 5.32 Å². The molecule has 2 fully saturated rings. The minimum atomic E-state index is -0.534. The summed E-state index contributed by atoms with van der Waals surface area (Å²) in [6, 6.07) is 11.4. The molecule has 6 heteroatoms. The molecule has 2 saturated carbocycles. The van der Waals surface area contributed by atoms with Crippen LogP contribution in [0, 0.1) is 17.8 Å². The van der Waals surface area contributed by atoms with E-state index in [1.165, 1.54) is 19.3 Å². The predicted octanol–water partition coefficient (Wildman–Crippen LogP) is 3.77. The number of ether oxygens (including phenoxy) is 1. The summed E-state index contributed by atoms with van der Waals surface area (Å²) in [5.41, 5.74) is 1.36. The summed E-state index contributed by atoms with van der Waals surface area (Å²) in [4.78, 5) is 50.4. The molecule has 0 aliphatic heterocycles. The normalized spacial score (nSPS) is 23.3. The van der Waals surface area contributed by atoms with Crippen molar-refractivity contribution < 1.29 is 23.9 Å². The smallest absolute Gasteiger partial charge is 0.306 e. The number of esters is 1. The first-order chi connectivity index (χ1) is 15.0. The Balaban J connectivity index is 1.25. The van der Waals surface area contributed by atoms with Gasteiger partial charge in [0.1, 0.15) is 0 Å². The van der Waals surface area contributed by atoms with Crippen LogP contribution < -0.4 is 5.32 Å². The molecule has 0 aromatic heterocycles. The van der Waals surface area contributed by atoms with Crippen molar-refractivity contribution in [2.24, 2.45) is 17.8 Å². The number of anilines is 1. The van der Waals surface area contributed by atoms with Gasteiger partial charge in [-0.25, -0.2) is 0 Å². The Hall–Kier alpha value is -3.28. The van der Waals surface area contributed by atoms with Gasteiger partial charge < -0.3 is 10.1 Å². The topological polar surface area (TPSA) is 89.5 Å². The molecule has 2 aromatic carbocycles. The fraction of sp³-hybridized carbons (Fsp3) is 0.360. The molecule has 0 unspecified atom stereocenters. The average molecular weight is 417 g/mol. The maximum atomic E-state index is 13.0. The van der Waals surface area contributed by atoms with Gasteiger partial charge >= 0.3 is 5.97 Å². The van der Waals surface area contributed by atoms with Crippen LogP contribution in [-0.2, 0) is 14.3 Å². The first-order valence-corrected chi connectivity index (χ1v) is 10.8. The quantitative estimate of drug-likeness (QED) is 0.639. The number of amides is 1. The van der Waals surface area contributed by atoms with Crippen LogP contribution in [0.2, 0.25) is 0 Å². The van der Waals surface area contributed by atoms with Crippen molar-refractivity contribution in [1.29, 1.82) is 0 Å². The van der Waals surface area contributed by atoms with Crippen molar-refractivity contribution in [1.82, 2.24) is 0 Å². The minimum Gasteiger partial charge on any atom is -0.456 e. The van der Waals surface area contributed by atoms with E-state index in [0.717, 1.165) is 12.3 Å². The third-order valence-corrected chi connectivity index (χ3v) is 6.90. The van der Waals surface area contributed by atoms with Gasteiger partial charge in [0.2, 0.25) is 0 Å². The van der Waals surface area contributed by atoms with E-state index >= 15 is 0 Å². The Morgan fingerprint density at radius 2 is 1.65 bits per heavy atom. The van der Waals surface area contributed by atoms with Gasteiger partial charge in [0.15, 0.2) is 18.2 Å². The molecule has 31 heavy (non-hydrogen) atoms. The number of hydrogen-bond acceptors (Lipinski definition) is 5. The summed E-state index contributed by atoms with van der Waals surface area (Å²) < 4.78 is 5.19. The van der Waals surface area contributed by atoms with E-state index in [9.17, 15) is 19.2 Å². The van der Waals surface area contributed by atoms with Gasteiger partial charge in [0.05, 0.1) is 11.3 Å². The lowest BCUT2D eigenvalue weighted by atomic mass is 9.83. The number of hydrogen-bond donors (Lipinski definition) is 1. The summed E-state index contributed by atoms with van der Waals surface area (Å²) in [6.45, 7) is -0.415. The Labute approximate surface area is 180 Å². The van der Waals surface area contributed by atoms with Gasteiger partial charge in [-0.05, 0) is 43.1 Å². The Morgan fingerprint density at radius 3 is 2.35 bits per heavy atom. The molecule has 5 rings (SSSR count). The van der Waals surface area contributed by atoms with Crippen LogP contribution in [0.25, 0.3) is 0 Å². The zero-order chi connectivity index (χ0) is 21.5. The van der Waals surface area contributed by atoms with Crippen LogP contribution in [0.3, 0.4) is 0 Å². The van der Waals surface area contributed by atoms with Crippen molar-refractivity contribution in [3.8, 4) is 0 Å². The van der Waals surface area contributed by atoms with Crippen LogP contribution >= 0.6 is 0 Å². The molecule has 2 aromatic rings. The third kappa shape index (κ3) is 3.56. The monoisotopic (exact) mass is 417 g/mol. The Kier molecular flexibility index (Phi) is 4.93. The summed E-state index contributed by atoms with van der Waals surface area (Å²) >= 11 is 0. The first kappa shape index (κ1) is 19.7. The fourth-order valence-corrected chi connectivity index (χ4v) is 5.48. The largest absolute Gasteiger partial charge is 0.456 e. The lowest BCUT2D eigenvalue weighted by Gasteiger charge is -2.21. The molecule has 0 spiro atoms. The van der Waals surface area contributed by atoms with Gasteiger partial charge in [0.25, 0.3) is 5.91 Å². The number of benzene rings is 2. The lowest BCUT2D eigenvalue weighted by Crippen LogP contribution is -2.26. The van der Waals surface area contributed by atoms with Gasteiger partial charge in [-0.2, -0.15) is 0 Å². The van der Waals surface area contributed by atoms with Crippen LogP contribution in [0.5, 0.6) is 0 Å². The molecule has 3 aliphatic rings. The van der Waals surface area contributed by atoms with Crippen molar-refractivity contribution in [2.45, 2.75) is 32.1 Å². The second-order valence-electron chi connectivity index (χ2n) is 8.78. The van der Waals surface area contributed by atoms with E-state index in [0.29, 0.717) is 29.4 Å². The zero-order valence-electron chi connectivity index (χ0n) is 17.1. The second-order valence-corrected chi connectivity index (χ2v) is 8.78. The highest BCUT2D eigenvalue weighted by atomic mass is 16.5. The molecule has 1 N–H and O–H groups in total. The first-order valence-electron chi connectivity index (χ1n) is 10.8. The molecule has 3 atom stereocenters. The molecule has 0 saturated heterocycles. The van der Waals surface area contributed by atoms with Crippen molar-refractivity contribution in [3.63, 3.8) is 0 Å². The molecule has 0 heterocycles. The maximum Gasteiger partial charge on any atom is 0.306 e. The van der Waals surface area contributed by atoms with E-state index in [4.69, 9.17) is 4.74 Å². The summed E-state index contributed by atoms with van der Waals surface area (Å²) in [6.07, 6.45) is 5.12. The molecule has 158 valence electrons. The standard InChI is InChI=1S/C25H23NO5/c27-21(13-31-22(28)12-16-11-14-8-9-15(16)10-14)26-20-7-3-6-19-23(20)25(30)18-5-2-1-4-17(18)24(19)29/h1-7,14-16H,8-13H2,(H,26,27)/t14-,15+,16-/m0/s1. The molecule has 0 radical (unpaired) electrons. The van der Waals surface area contributed by atoms with Crippen LogP contribution in [-0.4, -0.2) is 30.0 Å². The second kappa shape index (κ2) is 7.76. The van der Waals surface area contributed by atoms with Gasteiger partial charge in [-0.3, -0.25) is 19.2 Å². The van der Waals surface area contributed by atoms with Gasteiger partial charge in [-0.1, -0.05) is 42.8 Å². The fourth-order valence-electron chi connectivity index (χ4n) is 5.48. The van der Waals surface area contributed by atoms with Crippen LogP contribution in [0.15, 0.2) is 42.5 Å². The number of nitrogens with one attached hydrogen (secondary N) is 1. The highest BCUT2D eigenvalue weighted by molar-refractivity contribution is 6.30. The molecular formula is C25H23NO5. The van der Waals surface area contributed by atoms with Crippen LogP contribution in [0.1, 0.15) is 63.9 Å². The summed E-state index contributed by atoms with van der Waals surface area (Å²) in [7, 11) is 0. The van der Waals surface area contributed by atoms with Crippen LogP contribution in [0.4, 0.5) is 5.69 Å². The maximum absolute atomic E-state index is 13.0. The van der Waals surface area contributed by atoms with E-state index in [1.807, 2.05) is 0 Å². The highest BCUT2D eigenvalue weighted by Gasteiger charge is 2.40. The van der Waals surface area contributed by atoms with E-state index in [1.54, 1.807) is 42.5 Å². The van der Waals surface area contributed by atoms with Crippen molar-refractivity contribution >= 4 is 29.1 Å². The predicted molar refractivity (Wildman–Crippen MR) is 113 cm³/mol. The van der Waals surface area contributed by atoms with Crippen molar-refractivity contribution in [3.05, 3.63) is 64.7 Å². The Bertz CT molecular complexity index is 1100. The molecular weight excluding hydrogens is 394 g/mol. The molecule has 2 bridgehead atoms. The minimum absolute atomic E-state index is 0.174. The number of ketones is 2. The van der Waals surface area contributed by atoms with E-state index < -0.39 is 12.5 Å². The summed E-state index contributed by atoms with van der Waals surface area (Å²) in [5, 5.41) is 2.64. The number of fused-ring (bicyclic) bond motifs is 4. The number of carbonyl (C=O) groups is 4. The zero-order valence-corrected chi connectivity index (χ0v) is 17.1. The van der Waals surface area contributed by atoms with Crippen molar-refractivity contribution in [2.75, 3.05) is 11.9 Å².